The zero-order valence-corrected chi connectivity index (χ0v) is 17.4. The molecular weight excluding hydrogens is 423 g/mol. The van der Waals surface area contributed by atoms with Crippen LogP contribution in [-0.2, 0) is 13.0 Å². The van der Waals surface area contributed by atoms with Gasteiger partial charge in [0.2, 0.25) is 0 Å². The molecule has 1 atom stereocenters. The van der Waals surface area contributed by atoms with Crippen LogP contribution < -0.4 is 10.6 Å². The Bertz CT molecular complexity index is 631. The van der Waals surface area contributed by atoms with Gasteiger partial charge in [0.1, 0.15) is 5.76 Å². The summed E-state index contributed by atoms with van der Waals surface area (Å²) < 4.78 is 5.17. The first-order valence-electron chi connectivity index (χ1n) is 7.43. The van der Waals surface area contributed by atoms with Gasteiger partial charge in [0.05, 0.1) is 5.69 Å². The molecule has 2 aromatic heterocycles. The van der Waals surface area contributed by atoms with Crippen molar-refractivity contribution in [1.82, 2.24) is 15.8 Å². The summed E-state index contributed by atoms with van der Waals surface area (Å²) in [5.41, 5.74) is 2.01. The van der Waals surface area contributed by atoms with Crippen molar-refractivity contribution in [1.29, 1.82) is 0 Å². The average Bonchev–Trinajstić information content (AvgIpc) is 3.02. The smallest absolute Gasteiger partial charge is 0.191 e. The van der Waals surface area contributed by atoms with Gasteiger partial charge >= 0.3 is 0 Å². The third kappa shape index (κ3) is 5.80. The van der Waals surface area contributed by atoms with Crippen molar-refractivity contribution in [2.45, 2.75) is 46.7 Å². The Labute approximate surface area is 159 Å². The fourth-order valence-electron chi connectivity index (χ4n) is 2.30. The number of aryl methyl sites for hydroxylation is 3. The van der Waals surface area contributed by atoms with Gasteiger partial charge in [-0.25, -0.2) is 0 Å². The minimum absolute atomic E-state index is 0. The zero-order chi connectivity index (χ0) is 16.1. The molecule has 0 radical (unpaired) electrons. The van der Waals surface area contributed by atoms with Crippen molar-refractivity contribution >= 4 is 41.3 Å². The topological polar surface area (TPSA) is 62.5 Å². The molecule has 0 saturated carbocycles. The van der Waals surface area contributed by atoms with Gasteiger partial charge < -0.3 is 15.2 Å². The fraction of sp³-hybridized carbons (Fsp3) is 0.500. The van der Waals surface area contributed by atoms with E-state index in [0.717, 1.165) is 29.4 Å². The minimum Gasteiger partial charge on any atom is -0.361 e. The van der Waals surface area contributed by atoms with Crippen molar-refractivity contribution in [2.24, 2.45) is 4.99 Å². The number of halogens is 1. The summed E-state index contributed by atoms with van der Waals surface area (Å²) >= 11 is 1.85. The summed E-state index contributed by atoms with van der Waals surface area (Å²) in [5, 5.41) is 10.7. The number of thiophene rings is 1. The van der Waals surface area contributed by atoms with Gasteiger partial charge in [0.15, 0.2) is 5.96 Å². The Balaban J connectivity index is 0.00000264. The Morgan fingerprint density at radius 2 is 2.09 bits per heavy atom. The summed E-state index contributed by atoms with van der Waals surface area (Å²) in [5.74, 6) is 1.64. The van der Waals surface area contributed by atoms with E-state index >= 15 is 0 Å². The number of guanidine groups is 1. The molecule has 2 aromatic rings. The molecule has 128 valence electrons. The van der Waals surface area contributed by atoms with E-state index in [9.17, 15) is 0 Å². The van der Waals surface area contributed by atoms with Gasteiger partial charge in [-0.3, -0.25) is 4.99 Å². The number of nitrogens with zero attached hydrogens (tertiary/aromatic N) is 2. The zero-order valence-electron chi connectivity index (χ0n) is 14.3. The average molecular weight is 448 g/mol. The maximum absolute atomic E-state index is 5.17. The Morgan fingerprint density at radius 1 is 1.35 bits per heavy atom. The lowest BCUT2D eigenvalue weighted by Crippen LogP contribution is -2.42. The van der Waals surface area contributed by atoms with Crippen LogP contribution in [0, 0.1) is 20.8 Å². The van der Waals surface area contributed by atoms with Crippen molar-refractivity contribution in [3.63, 3.8) is 0 Å². The van der Waals surface area contributed by atoms with Gasteiger partial charge in [-0.15, -0.1) is 35.3 Å². The molecule has 0 bridgehead atoms. The molecule has 2 heterocycles. The van der Waals surface area contributed by atoms with Gasteiger partial charge in [0.25, 0.3) is 0 Å². The van der Waals surface area contributed by atoms with E-state index < -0.39 is 0 Å². The summed E-state index contributed by atoms with van der Waals surface area (Å²) in [6.45, 7) is 8.83. The van der Waals surface area contributed by atoms with Gasteiger partial charge in [-0.2, -0.15) is 0 Å². The molecule has 5 nitrogen and oxygen atoms in total. The Morgan fingerprint density at radius 3 is 2.61 bits per heavy atom. The van der Waals surface area contributed by atoms with Crippen molar-refractivity contribution in [3.8, 4) is 0 Å². The molecule has 0 aliphatic carbocycles. The first kappa shape index (κ1) is 20.0. The van der Waals surface area contributed by atoms with Crippen molar-refractivity contribution < 1.29 is 4.52 Å². The predicted octanol–water partition coefficient (Wildman–Crippen LogP) is 3.58. The second kappa shape index (κ2) is 9.27. The lowest BCUT2D eigenvalue weighted by atomic mass is 10.2. The molecule has 0 saturated heterocycles. The second-order valence-electron chi connectivity index (χ2n) is 5.49. The summed E-state index contributed by atoms with van der Waals surface area (Å²) in [6, 6.07) is 4.67. The highest BCUT2D eigenvalue weighted by molar-refractivity contribution is 14.0. The van der Waals surface area contributed by atoms with Crippen molar-refractivity contribution in [2.75, 3.05) is 7.05 Å². The number of aliphatic imine (C=N–C) groups is 1. The van der Waals surface area contributed by atoms with Crippen LogP contribution in [0.1, 0.15) is 33.7 Å². The van der Waals surface area contributed by atoms with Crippen LogP contribution >= 0.6 is 35.3 Å². The number of aromatic nitrogens is 1. The second-order valence-corrected chi connectivity index (χ2v) is 6.86. The number of hydrogen-bond donors (Lipinski definition) is 2. The predicted molar refractivity (Wildman–Crippen MR) is 107 cm³/mol. The molecule has 0 spiro atoms. The Kier molecular flexibility index (Phi) is 8.04. The summed E-state index contributed by atoms with van der Waals surface area (Å²) in [4.78, 5) is 7.02. The van der Waals surface area contributed by atoms with E-state index in [2.05, 4.69) is 46.8 Å². The van der Waals surface area contributed by atoms with Crippen LogP contribution in [0.3, 0.4) is 0 Å². The van der Waals surface area contributed by atoms with Crippen LogP contribution in [0.2, 0.25) is 0 Å². The molecular formula is C16H25IN4OS. The minimum atomic E-state index is 0. The molecule has 0 aliphatic heterocycles. The van der Waals surface area contributed by atoms with Gasteiger partial charge in [-0.05, 0) is 39.8 Å². The highest BCUT2D eigenvalue weighted by Crippen LogP contribution is 2.16. The molecule has 0 aliphatic rings. The molecule has 23 heavy (non-hydrogen) atoms. The standard InChI is InChI=1S/C16H24N4OS.HI/c1-10(8-14-7-6-11(2)22-14)19-16(17-5)18-9-15-12(3)20-21-13(15)4;/h6-7,10H,8-9H2,1-5H3,(H2,17,18,19);1H. The third-order valence-electron chi connectivity index (χ3n) is 3.52. The highest BCUT2D eigenvalue weighted by Gasteiger charge is 2.11. The quantitative estimate of drug-likeness (QED) is 0.417. The molecule has 2 rings (SSSR count). The highest BCUT2D eigenvalue weighted by atomic mass is 127. The van der Waals surface area contributed by atoms with E-state index in [1.54, 1.807) is 7.05 Å². The van der Waals surface area contributed by atoms with Crippen molar-refractivity contribution in [3.05, 3.63) is 38.9 Å². The van der Waals surface area contributed by atoms with Crippen LogP contribution in [0.4, 0.5) is 0 Å². The molecule has 7 heteroatoms. The van der Waals surface area contributed by atoms with Crippen LogP contribution in [0.25, 0.3) is 0 Å². The first-order chi connectivity index (χ1) is 10.5. The van der Waals surface area contributed by atoms with Gasteiger partial charge in [0, 0.05) is 41.4 Å². The van der Waals surface area contributed by atoms with Crippen LogP contribution in [-0.4, -0.2) is 24.2 Å². The lowest BCUT2D eigenvalue weighted by Gasteiger charge is -2.17. The van der Waals surface area contributed by atoms with E-state index in [1.807, 2.05) is 25.2 Å². The van der Waals surface area contributed by atoms with E-state index in [-0.39, 0.29) is 24.0 Å². The monoisotopic (exact) mass is 448 g/mol. The third-order valence-corrected chi connectivity index (χ3v) is 4.55. The maximum Gasteiger partial charge on any atom is 0.191 e. The molecule has 0 aromatic carbocycles. The molecule has 0 amide bonds. The Hall–Kier alpha value is -1.09. The maximum atomic E-state index is 5.17. The van der Waals surface area contributed by atoms with E-state index in [0.29, 0.717) is 12.6 Å². The van der Waals surface area contributed by atoms with E-state index in [4.69, 9.17) is 4.52 Å². The van der Waals surface area contributed by atoms with E-state index in [1.165, 1.54) is 9.75 Å². The molecule has 2 N–H and O–H groups in total. The van der Waals surface area contributed by atoms with Gasteiger partial charge in [-0.1, -0.05) is 5.16 Å². The lowest BCUT2D eigenvalue weighted by molar-refractivity contribution is 0.392. The normalized spacial score (nSPS) is 12.7. The summed E-state index contributed by atoms with van der Waals surface area (Å²) in [7, 11) is 1.78. The fourth-order valence-corrected chi connectivity index (χ4v) is 3.32. The first-order valence-corrected chi connectivity index (χ1v) is 8.25. The number of rotatable bonds is 5. The number of nitrogens with one attached hydrogen (secondary N) is 2. The SMILES string of the molecule is CN=C(NCc1c(C)noc1C)NC(C)Cc1ccc(C)s1.I. The molecule has 1 unspecified atom stereocenters. The molecule has 0 fully saturated rings. The van der Waals surface area contributed by atoms with Crippen LogP contribution in [0.5, 0.6) is 0 Å². The van der Waals surface area contributed by atoms with Crippen LogP contribution in [0.15, 0.2) is 21.6 Å². The number of hydrogen-bond acceptors (Lipinski definition) is 4. The largest absolute Gasteiger partial charge is 0.361 e. The summed E-state index contributed by atoms with van der Waals surface area (Å²) in [6.07, 6.45) is 0.991.